The zero-order chi connectivity index (χ0) is 16.7. The molecule has 0 aliphatic rings. The molecule has 0 unspecified atom stereocenters. The number of benzene rings is 1. The first-order valence-electron chi connectivity index (χ1n) is 6.63. The maximum absolute atomic E-state index is 12.1. The van der Waals surface area contributed by atoms with E-state index in [0.29, 0.717) is 0 Å². The summed E-state index contributed by atoms with van der Waals surface area (Å²) in [7, 11) is 2.44. The molecule has 0 radical (unpaired) electrons. The fourth-order valence-electron chi connectivity index (χ4n) is 1.90. The molecule has 0 bridgehead atoms. The number of carbonyl (C=O) groups excluding carboxylic acids is 3. The summed E-state index contributed by atoms with van der Waals surface area (Å²) in [5.41, 5.74) is 0.194. The molecule has 0 aliphatic heterocycles. The average Bonchev–Trinajstić information content (AvgIpc) is 2.51. The van der Waals surface area contributed by atoms with E-state index in [4.69, 9.17) is 0 Å². The maximum Gasteiger partial charge on any atom is 0.328 e. The zero-order valence-corrected chi connectivity index (χ0v) is 12.7. The van der Waals surface area contributed by atoms with Gasteiger partial charge in [0.1, 0.15) is 11.8 Å². The highest BCUT2D eigenvalue weighted by Gasteiger charge is 2.30. The van der Waals surface area contributed by atoms with E-state index in [0.717, 1.165) is 0 Å². The normalized spacial score (nSPS) is 12.9. The zero-order valence-electron chi connectivity index (χ0n) is 12.7. The van der Waals surface area contributed by atoms with E-state index in [2.05, 4.69) is 14.8 Å². The number of ether oxygens (including phenoxy) is 2. The van der Waals surface area contributed by atoms with Crippen LogP contribution in [0.2, 0.25) is 0 Å². The summed E-state index contributed by atoms with van der Waals surface area (Å²) < 4.78 is 9.21. The van der Waals surface area contributed by atoms with Crippen molar-refractivity contribution in [1.29, 1.82) is 0 Å². The Morgan fingerprint density at radius 3 is 2.45 bits per heavy atom. The molecule has 2 atom stereocenters. The highest BCUT2D eigenvalue weighted by molar-refractivity contribution is 5.97. The Bertz CT molecular complexity index is 557. The number of rotatable bonds is 6. The lowest BCUT2D eigenvalue weighted by Gasteiger charge is -2.22. The predicted octanol–water partition coefficient (Wildman–Crippen LogP) is 0.863. The first-order valence-corrected chi connectivity index (χ1v) is 6.63. The van der Waals surface area contributed by atoms with E-state index < -0.39 is 29.8 Å². The van der Waals surface area contributed by atoms with Gasteiger partial charge in [-0.3, -0.25) is 9.59 Å². The minimum Gasteiger partial charge on any atom is -0.508 e. The Balaban J connectivity index is 2.87. The Labute approximate surface area is 128 Å². The molecule has 0 spiro atoms. The number of hydrogen-bond donors (Lipinski definition) is 2. The van der Waals surface area contributed by atoms with Crippen LogP contribution < -0.4 is 5.32 Å². The van der Waals surface area contributed by atoms with Crippen molar-refractivity contribution in [3.63, 3.8) is 0 Å². The van der Waals surface area contributed by atoms with Crippen LogP contribution in [0.25, 0.3) is 0 Å². The molecule has 0 aliphatic carbocycles. The lowest BCUT2D eigenvalue weighted by molar-refractivity contribution is -0.146. The smallest absolute Gasteiger partial charge is 0.328 e. The standard InChI is InChI=1S/C15H19NO6/c1-9(7-12(18)21-2)13(15(20)22-3)16-14(19)10-5-4-6-11(17)8-10/h4-6,8-9,13,17H,7H2,1-3H3,(H,16,19)/t9-,13-/m0/s1. The topological polar surface area (TPSA) is 102 Å². The van der Waals surface area contributed by atoms with E-state index >= 15 is 0 Å². The molecule has 120 valence electrons. The van der Waals surface area contributed by atoms with Crippen LogP contribution in [0.4, 0.5) is 0 Å². The van der Waals surface area contributed by atoms with Crippen molar-refractivity contribution in [2.45, 2.75) is 19.4 Å². The van der Waals surface area contributed by atoms with Gasteiger partial charge in [-0.05, 0) is 24.1 Å². The van der Waals surface area contributed by atoms with Gasteiger partial charge in [0.2, 0.25) is 0 Å². The van der Waals surface area contributed by atoms with Gasteiger partial charge in [-0.1, -0.05) is 13.0 Å². The van der Waals surface area contributed by atoms with Crippen molar-refractivity contribution in [2.75, 3.05) is 14.2 Å². The molecule has 0 saturated carbocycles. The minimum atomic E-state index is -1.00. The number of nitrogens with one attached hydrogen (secondary N) is 1. The molecule has 0 aromatic heterocycles. The van der Waals surface area contributed by atoms with Gasteiger partial charge in [0.15, 0.2) is 0 Å². The molecular weight excluding hydrogens is 290 g/mol. The Morgan fingerprint density at radius 2 is 1.91 bits per heavy atom. The molecule has 0 fully saturated rings. The van der Waals surface area contributed by atoms with Crippen molar-refractivity contribution >= 4 is 17.8 Å². The van der Waals surface area contributed by atoms with Crippen molar-refractivity contribution in [3.05, 3.63) is 29.8 Å². The molecule has 0 heterocycles. The fourth-order valence-corrected chi connectivity index (χ4v) is 1.90. The summed E-state index contributed by atoms with van der Waals surface area (Å²) in [5, 5.41) is 11.9. The largest absolute Gasteiger partial charge is 0.508 e. The van der Waals surface area contributed by atoms with Crippen molar-refractivity contribution in [3.8, 4) is 5.75 Å². The molecule has 22 heavy (non-hydrogen) atoms. The summed E-state index contributed by atoms with van der Waals surface area (Å²) in [4.78, 5) is 35.3. The Morgan fingerprint density at radius 1 is 1.23 bits per heavy atom. The first kappa shape index (κ1) is 17.5. The van der Waals surface area contributed by atoms with Crippen LogP contribution in [-0.4, -0.2) is 43.2 Å². The lowest BCUT2D eigenvalue weighted by Crippen LogP contribution is -2.46. The summed E-state index contributed by atoms with van der Waals surface area (Å²) in [6, 6.07) is 4.70. The molecule has 1 aromatic rings. The summed E-state index contributed by atoms with van der Waals surface area (Å²) in [6.45, 7) is 1.63. The van der Waals surface area contributed by atoms with Gasteiger partial charge >= 0.3 is 11.9 Å². The maximum atomic E-state index is 12.1. The number of phenols is 1. The number of amides is 1. The average molecular weight is 309 g/mol. The highest BCUT2D eigenvalue weighted by Crippen LogP contribution is 2.14. The molecule has 0 saturated heterocycles. The second kappa shape index (κ2) is 8.02. The van der Waals surface area contributed by atoms with Crippen LogP contribution in [0, 0.1) is 5.92 Å². The second-order valence-electron chi connectivity index (χ2n) is 4.78. The summed E-state index contributed by atoms with van der Waals surface area (Å²) >= 11 is 0. The summed E-state index contributed by atoms with van der Waals surface area (Å²) in [6.07, 6.45) is -0.0451. The Kier molecular flexibility index (Phi) is 6.37. The third-order valence-corrected chi connectivity index (χ3v) is 3.14. The van der Waals surface area contributed by atoms with E-state index in [1.807, 2.05) is 0 Å². The van der Waals surface area contributed by atoms with Gasteiger partial charge in [0.05, 0.1) is 20.6 Å². The van der Waals surface area contributed by atoms with Crippen LogP contribution in [0.5, 0.6) is 5.75 Å². The van der Waals surface area contributed by atoms with E-state index in [1.165, 1.54) is 38.5 Å². The van der Waals surface area contributed by atoms with Crippen LogP contribution in [0.3, 0.4) is 0 Å². The van der Waals surface area contributed by atoms with Gasteiger partial charge in [0, 0.05) is 5.56 Å². The molecule has 1 amide bonds. The van der Waals surface area contributed by atoms with Crippen LogP contribution in [-0.2, 0) is 19.1 Å². The SMILES string of the molecule is COC(=O)C[C@H](C)[C@H](NC(=O)c1cccc(O)c1)C(=O)OC. The number of hydrogen-bond acceptors (Lipinski definition) is 6. The van der Waals surface area contributed by atoms with Crippen LogP contribution in [0.15, 0.2) is 24.3 Å². The highest BCUT2D eigenvalue weighted by atomic mass is 16.5. The van der Waals surface area contributed by atoms with Crippen molar-refractivity contribution in [2.24, 2.45) is 5.92 Å². The monoisotopic (exact) mass is 309 g/mol. The first-order chi connectivity index (χ1) is 10.4. The second-order valence-corrected chi connectivity index (χ2v) is 4.78. The van der Waals surface area contributed by atoms with Crippen LogP contribution in [0.1, 0.15) is 23.7 Å². The summed E-state index contributed by atoms with van der Waals surface area (Å²) in [5.74, 6) is -2.29. The molecule has 7 nitrogen and oxygen atoms in total. The molecular formula is C15H19NO6. The number of carbonyl (C=O) groups is 3. The molecule has 7 heteroatoms. The lowest BCUT2D eigenvalue weighted by atomic mass is 9.97. The fraction of sp³-hybridized carbons (Fsp3) is 0.400. The molecule has 1 rings (SSSR count). The number of methoxy groups -OCH3 is 2. The van der Waals surface area contributed by atoms with E-state index in [9.17, 15) is 19.5 Å². The van der Waals surface area contributed by atoms with Gasteiger partial charge in [-0.2, -0.15) is 0 Å². The van der Waals surface area contributed by atoms with Crippen molar-refractivity contribution in [1.82, 2.24) is 5.32 Å². The van der Waals surface area contributed by atoms with Gasteiger partial charge < -0.3 is 19.9 Å². The van der Waals surface area contributed by atoms with Crippen molar-refractivity contribution < 1.29 is 29.0 Å². The van der Waals surface area contributed by atoms with Crippen LogP contribution >= 0.6 is 0 Å². The van der Waals surface area contributed by atoms with E-state index in [1.54, 1.807) is 6.92 Å². The number of esters is 2. The molecule has 1 aromatic carbocycles. The van der Waals surface area contributed by atoms with Gasteiger partial charge in [-0.25, -0.2) is 4.79 Å². The van der Waals surface area contributed by atoms with Gasteiger partial charge in [0.25, 0.3) is 5.91 Å². The van der Waals surface area contributed by atoms with E-state index in [-0.39, 0.29) is 17.7 Å². The number of phenolic OH excluding ortho intramolecular Hbond substituents is 1. The third kappa shape index (κ3) is 4.76. The third-order valence-electron chi connectivity index (χ3n) is 3.14. The quantitative estimate of drug-likeness (QED) is 0.756. The minimum absolute atomic E-state index is 0.0451. The Hall–Kier alpha value is -2.57. The number of aromatic hydroxyl groups is 1. The predicted molar refractivity (Wildman–Crippen MR) is 77.2 cm³/mol. The molecule has 2 N–H and O–H groups in total. The van der Waals surface area contributed by atoms with Gasteiger partial charge in [-0.15, -0.1) is 0 Å².